The molecule has 1 aromatic rings. The minimum absolute atomic E-state index is 0.0842. The molecule has 4 nitrogen and oxygen atoms in total. The molecule has 0 spiro atoms. The van der Waals surface area contributed by atoms with Crippen LogP contribution in [0.25, 0.3) is 0 Å². The number of halogens is 1. The van der Waals surface area contributed by atoms with E-state index in [1.54, 1.807) is 6.07 Å². The quantitative estimate of drug-likeness (QED) is 0.899. The van der Waals surface area contributed by atoms with Crippen LogP contribution in [0.1, 0.15) is 33.1 Å². The summed E-state index contributed by atoms with van der Waals surface area (Å²) in [4.78, 5) is 0.0842. The van der Waals surface area contributed by atoms with Gasteiger partial charge >= 0.3 is 0 Å². The minimum Gasteiger partial charge on any atom is -0.381 e. The first-order chi connectivity index (χ1) is 9.29. The highest BCUT2D eigenvalue weighted by molar-refractivity contribution is 7.89. The van der Waals surface area contributed by atoms with E-state index >= 15 is 0 Å². The molecule has 2 rings (SSSR count). The fourth-order valence-corrected chi connectivity index (χ4v) is 3.49. The first kappa shape index (κ1) is 15.6. The van der Waals surface area contributed by atoms with Crippen LogP contribution >= 0.6 is 11.6 Å². The van der Waals surface area contributed by atoms with Crippen molar-refractivity contribution >= 4 is 27.3 Å². The first-order valence-corrected chi connectivity index (χ1v) is 8.80. The molecule has 0 radical (unpaired) electrons. The fourth-order valence-electron chi connectivity index (χ4n) is 2.78. The highest BCUT2D eigenvalue weighted by atomic mass is 35.5. The van der Waals surface area contributed by atoms with E-state index in [1.165, 1.54) is 25.0 Å². The smallest absolute Gasteiger partial charge is 0.238 e. The molecule has 0 aromatic heterocycles. The molecule has 0 bridgehead atoms. The average molecular weight is 317 g/mol. The third-order valence-corrected chi connectivity index (χ3v) is 5.55. The maximum absolute atomic E-state index is 11.4. The number of nitrogens with one attached hydrogen (secondary N) is 1. The monoisotopic (exact) mass is 316 g/mol. The van der Waals surface area contributed by atoms with Crippen LogP contribution in [0, 0.1) is 11.8 Å². The van der Waals surface area contributed by atoms with Gasteiger partial charge in [0.05, 0.1) is 15.6 Å². The lowest BCUT2D eigenvalue weighted by Crippen LogP contribution is -2.35. The Bertz CT molecular complexity index is 589. The van der Waals surface area contributed by atoms with Gasteiger partial charge in [-0.05, 0) is 36.5 Å². The molecule has 3 atom stereocenters. The van der Waals surface area contributed by atoms with Crippen molar-refractivity contribution in [2.75, 3.05) is 5.32 Å². The van der Waals surface area contributed by atoms with Gasteiger partial charge in [0.25, 0.3) is 0 Å². The zero-order valence-electron chi connectivity index (χ0n) is 11.8. The first-order valence-electron chi connectivity index (χ1n) is 6.88. The largest absolute Gasteiger partial charge is 0.381 e. The summed E-state index contributed by atoms with van der Waals surface area (Å²) >= 11 is 6.15. The van der Waals surface area contributed by atoms with E-state index < -0.39 is 10.0 Å². The van der Waals surface area contributed by atoms with Crippen molar-refractivity contribution in [3.8, 4) is 0 Å². The van der Waals surface area contributed by atoms with Gasteiger partial charge in [-0.15, -0.1) is 0 Å². The maximum atomic E-state index is 11.4. The van der Waals surface area contributed by atoms with Crippen molar-refractivity contribution in [1.82, 2.24) is 0 Å². The van der Waals surface area contributed by atoms with Gasteiger partial charge in [0, 0.05) is 6.04 Å². The highest BCUT2D eigenvalue weighted by Crippen LogP contribution is 2.34. The number of nitrogens with two attached hydrogens (primary N) is 1. The SMILES string of the molecule is CC1CCCC(Nc2cc(S(N)(=O)=O)ccc2Cl)C1C. The third-order valence-electron chi connectivity index (χ3n) is 4.31. The number of hydrogen-bond donors (Lipinski definition) is 2. The number of hydrogen-bond acceptors (Lipinski definition) is 3. The topological polar surface area (TPSA) is 72.2 Å². The molecule has 0 heterocycles. The van der Waals surface area contributed by atoms with E-state index in [0.29, 0.717) is 28.6 Å². The van der Waals surface area contributed by atoms with Crippen molar-refractivity contribution in [3.05, 3.63) is 23.2 Å². The summed E-state index contributed by atoms with van der Waals surface area (Å²) in [5, 5.41) is 9.07. The molecule has 0 amide bonds. The second-order valence-electron chi connectivity index (χ2n) is 5.70. The van der Waals surface area contributed by atoms with Gasteiger partial charge in [0.15, 0.2) is 0 Å². The summed E-state index contributed by atoms with van der Waals surface area (Å²) in [6.45, 7) is 4.47. The molecular formula is C14H21ClN2O2S. The van der Waals surface area contributed by atoms with Crippen molar-refractivity contribution in [2.24, 2.45) is 17.0 Å². The van der Waals surface area contributed by atoms with Crippen molar-refractivity contribution in [1.29, 1.82) is 0 Å². The predicted octanol–water partition coefficient (Wildman–Crippen LogP) is 3.22. The third kappa shape index (κ3) is 3.45. The maximum Gasteiger partial charge on any atom is 0.238 e. The molecule has 3 N–H and O–H groups in total. The average Bonchev–Trinajstić information content (AvgIpc) is 2.36. The lowest BCUT2D eigenvalue weighted by molar-refractivity contribution is 0.253. The highest BCUT2D eigenvalue weighted by Gasteiger charge is 2.27. The van der Waals surface area contributed by atoms with Crippen molar-refractivity contribution in [3.63, 3.8) is 0 Å². The van der Waals surface area contributed by atoms with E-state index in [0.717, 1.165) is 6.42 Å². The predicted molar refractivity (Wildman–Crippen MR) is 82.4 cm³/mol. The Morgan fingerprint density at radius 1 is 1.30 bits per heavy atom. The molecular weight excluding hydrogens is 296 g/mol. The van der Waals surface area contributed by atoms with Gasteiger partial charge < -0.3 is 5.32 Å². The van der Waals surface area contributed by atoms with Gasteiger partial charge in [-0.25, -0.2) is 13.6 Å². The van der Waals surface area contributed by atoms with Crippen molar-refractivity contribution < 1.29 is 8.42 Å². The van der Waals surface area contributed by atoms with Gasteiger partial charge in [0.2, 0.25) is 10.0 Å². The molecule has 1 aliphatic rings. The summed E-state index contributed by atoms with van der Waals surface area (Å²) in [5.41, 5.74) is 0.643. The summed E-state index contributed by atoms with van der Waals surface area (Å²) in [6.07, 6.45) is 3.49. The Morgan fingerprint density at radius 2 is 2.00 bits per heavy atom. The zero-order chi connectivity index (χ0) is 14.9. The lowest BCUT2D eigenvalue weighted by atomic mass is 9.78. The minimum atomic E-state index is -3.71. The van der Waals surface area contributed by atoms with Crippen LogP contribution < -0.4 is 10.5 Å². The summed E-state index contributed by atoms with van der Waals surface area (Å²) in [5.74, 6) is 1.18. The number of rotatable bonds is 3. The fraction of sp³-hybridized carbons (Fsp3) is 0.571. The Labute approximate surface area is 125 Å². The zero-order valence-corrected chi connectivity index (χ0v) is 13.3. The number of anilines is 1. The van der Waals surface area contributed by atoms with Gasteiger partial charge in [0.1, 0.15) is 0 Å². The molecule has 1 fully saturated rings. The van der Waals surface area contributed by atoms with E-state index in [2.05, 4.69) is 19.2 Å². The Morgan fingerprint density at radius 3 is 2.65 bits per heavy atom. The normalized spacial score (nSPS) is 27.3. The lowest BCUT2D eigenvalue weighted by Gasteiger charge is -2.35. The molecule has 3 unspecified atom stereocenters. The van der Waals surface area contributed by atoms with Gasteiger partial charge in [-0.2, -0.15) is 0 Å². The van der Waals surface area contributed by atoms with Crippen LogP contribution in [0.3, 0.4) is 0 Å². The van der Waals surface area contributed by atoms with Crippen molar-refractivity contribution in [2.45, 2.75) is 44.0 Å². The molecule has 0 saturated heterocycles. The Kier molecular flexibility index (Phi) is 4.62. The Hall–Kier alpha value is -0.780. The molecule has 20 heavy (non-hydrogen) atoms. The van der Waals surface area contributed by atoms with Crippen LogP contribution in [0.15, 0.2) is 23.1 Å². The summed E-state index contributed by atoms with van der Waals surface area (Å²) in [7, 11) is -3.71. The number of primary sulfonamides is 1. The van der Waals surface area contributed by atoms with Crippen LogP contribution in [-0.2, 0) is 10.0 Å². The summed E-state index contributed by atoms with van der Waals surface area (Å²) in [6, 6.07) is 4.83. The molecule has 6 heteroatoms. The van der Waals surface area contributed by atoms with E-state index in [9.17, 15) is 8.42 Å². The number of benzene rings is 1. The number of sulfonamides is 1. The van der Waals surface area contributed by atoms with Crippen LogP contribution in [0.2, 0.25) is 5.02 Å². The molecule has 1 saturated carbocycles. The van der Waals surface area contributed by atoms with Crippen LogP contribution in [0.5, 0.6) is 0 Å². The second kappa shape index (κ2) is 5.92. The van der Waals surface area contributed by atoms with Gasteiger partial charge in [-0.3, -0.25) is 0 Å². The second-order valence-corrected chi connectivity index (χ2v) is 7.67. The van der Waals surface area contributed by atoms with Crippen LogP contribution in [0.4, 0.5) is 5.69 Å². The molecule has 0 aliphatic heterocycles. The summed E-state index contributed by atoms with van der Waals surface area (Å²) < 4.78 is 22.8. The van der Waals surface area contributed by atoms with E-state index in [-0.39, 0.29) is 4.90 Å². The van der Waals surface area contributed by atoms with E-state index in [4.69, 9.17) is 16.7 Å². The molecule has 112 valence electrons. The Balaban J connectivity index is 2.24. The van der Waals surface area contributed by atoms with Crippen LogP contribution in [-0.4, -0.2) is 14.5 Å². The standard InChI is InChI=1S/C14H21ClN2O2S/c1-9-4-3-5-13(10(9)2)17-14-8-11(20(16,18)19)6-7-12(14)15/h6-10,13,17H,3-5H2,1-2H3,(H2,16,18,19). The molecule has 1 aromatic carbocycles. The van der Waals surface area contributed by atoms with Gasteiger partial charge in [-0.1, -0.05) is 38.3 Å². The molecule has 1 aliphatic carbocycles. The van der Waals surface area contributed by atoms with E-state index in [1.807, 2.05) is 0 Å².